The minimum atomic E-state index is -0.173. The first-order valence-corrected chi connectivity index (χ1v) is 7.96. The van der Waals surface area contributed by atoms with Gasteiger partial charge in [-0.05, 0) is 38.1 Å². The van der Waals surface area contributed by atoms with Crippen molar-refractivity contribution < 1.29 is 14.3 Å². The molecule has 7 nitrogen and oxygen atoms in total. The summed E-state index contributed by atoms with van der Waals surface area (Å²) in [4.78, 5) is 12.4. The number of hydrogen-bond donors (Lipinski definition) is 1. The van der Waals surface area contributed by atoms with E-state index in [4.69, 9.17) is 9.47 Å². The number of aromatic nitrogens is 3. The summed E-state index contributed by atoms with van der Waals surface area (Å²) in [5.74, 6) is 2.06. The molecule has 1 aliphatic rings. The third-order valence-electron chi connectivity index (χ3n) is 3.74. The average molecular weight is 328 g/mol. The highest BCUT2D eigenvalue weighted by molar-refractivity contribution is 5.99. The molecule has 7 heteroatoms. The van der Waals surface area contributed by atoms with Gasteiger partial charge in [-0.3, -0.25) is 4.79 Å². The summed E-state index contributed by atoms with van der Waals surface area (Å²) in [5, 5.41) is 10.7. The van der Waals surface area contributed by atoms with E-state index in [1.165, 1.54) is 0 Å². The van der Waals surface area contributed by atoms with Gasteiger partial charge in [0.1, 0.15) is 24.4 Å². The molecule has 1 aliphatic heterocycles. The molecule has 0 spiro atoms. The smallest absolute Gasteiger partial charge is 0.251 e. The first-order valence-electron chi connectivity index (χ1n) is 7.96. The molecule has 1 aromatic carbocycles. The van der Waals surface area contributed by atoms with Gasteiger partial charge in [0.25, 0.3) is 5.91 Å². The van der Waals surface area contributed by atoms with E-state index in [2.05, 4.69) is 15.5 Å². The fraction of sp³-hybridized carbons (Fsp3) is 0.353. The van der Waals surface area contributed by atoms with Gasteiger partial charge in [-0.15, -0.1) is 10.2 Å². The summed E-state index contributed by atoms with van der Waals surface area (Å²) in [6.07, 6.45) is 3.48. The van der Waals surface area contributed by atoms with Gasteiger partial charge in [0.15, 0.2) is 5.82 Å². The van der Waals surface area contributed by atoms with Crippen molar-refractivity contribution in [1.29, 1.82) is 0 Å². The molecule has 0 radical (unpaired) electrons. The number of fused-ring (bicyclic) bond motifs is 1. The van der Waals surface area contributed by atoms with E-state index in [-0.39, 0.29) is 12.5 Å². The zero-order valence-electron chi connectivity index (χ0n) is 13.8. The molecular formula is C17H20N4O3. The number of rotatable bonds is 6. The standard InChI is InChI=1S/C17H20N4O3/c1-3-21-11-19-20-16(21)9-18-17(22)13-7-12-8-14(23-4-2)5-6-15(12)24-10-13/h5-8,11H,3-4,9-10H2,1-2H3,(H,18,22). The predicted molar refractivity (Wildman–Crippen MR) is 88.6 cm³/mol. The molecule has 1 N–H and O–H groups in total. The lowest BCUT2D eigenvalue weighted by Crippen LogP contribution is -2.29. The van der Waals surface area contributed by atoms with Gasteiger partial charge in [-0.25, -0.2) is 0 Å². The molecule has 1 amide bonds. The highest BCUT2D eigenvalue weighted by atomic mass is 16.5. The van der Waals surface area contributed by atoms with Crippen molar-refractivity contribution in [2.45, 2.75) is 26.9 Å². The predicted octanol–water partition coefficient (Wildman–Crippen LogP) is 1.79. The summed E-state index contributed by atoms with van der Waals surface area (Å²) in [5.41, 5.74) is 1.41. The van der Waals surface area contributed by atoms with Gasteiger partial charge >= 0.3 is 0 Å². The first kappa shape index (κ1) is 16.0. The Balaban J connectivity index is 1.70. The number of aryl methyl sites for hydroxylation is 1. The second-order valence-corrected chi connectivity index (χ2v) is 5.31. The van der Waals surface area contributed by atoms with Crippen molar-refractivity contribution in [3.63, 3.8) is 0 Å². The Kier molecular flexibility index (Phi) is 4.79. The van der Waals surface area contributed by atoms with Crippen LogP contribution in [-0.4, -0.2) is 33.9 Å². The number of benzene rings is 1. The Labute approximate surface area is 140 Å². The quantitative estimate of drug-likeness (QED) is 0.874. The Morgan fingerprint density at radius 2 is 2.29 bits per heavy atom. The number of nitrogens with one attached hydrogen (secondary N) is 1. The normalized spacial score (nSPS) is 12.8. The molecule has 0 unspecified atom stereocenters. The maximum Gasteiger partial charge on any atom is 0.251 e. The van der Waals surface area contributed by atoms with Crippen LogP contribution in [0.1, 0.15) is 25.2 Å². The van der Waals surface area contributed by atoms with Crippen LogP contribution in [0.5, 0.6) is 11.5 Å². The minimum absolute atomic E-state index is 0.173. The summed E-state index contributed by atoms with van der Waals surface area (Å²) in [6, 6.07) is 5.59. The van der Waals surface area contributed by atoms with Crippen LogP contribution in [0.2, 0.25) is 0 Å². The highest BCUT2D eigenvalue weighted by Gasteiger charge is 2.18. The largest absolute Gasteiger partial charge is 0.494 e. The van der Waals surface area contributed by atoms with Crippen molar-refractivity contribution in [2.75, 3.05) is 13.2 Å². The molecule has 0 saturated carbocycles. The second kappa shape index (κ2) is 7.16. The minimum Gasteiger partial charge on any atom is -0.494 e. The van der Waals surface area contributed by atoms with Crippen molar-refractivity contribution in [3.05, 3.63) is 41.5 Å². The van der Waals surface area contributed by atoms with E-state index in [0.717, 1.165) is 29.4 Å². The summed E-state index contributed by atoms with van der Waals surface area (Å²) < 4.78 is 13.0. The summed E-state index contributed by atoms with van der Waals surface area (Å²) >= 11 is 0. The Morgan fingerprint density at radius 1 is 1.42 bits per heavy atom. The highest BCUT2D eigenvalue weighted by Crippen LogP contribution is 2.30. The van der Waals surface area contributed by atoms with Crippen LogP contribution >= 0.6 is 0 Å². The third-order valence-corrected chi connectivity index (χ3v) is 3.74. The van der Waals surface area contributed by atoms with Crippen LogP contribution in [0.3, 0.4) is 0 Å². The molecule has 3 rings (SSSR count). The molecule has 2 heterocycles. The van der Waals surface area contributed by atoms with Crippen LogP contribution in [0.4, 0.5) is 0 Å². The first-order chi connectivity index (χ1) is 11.7. The zero-order chi connectivity index (χ0) is 16.9. The molecule has 0 atom stereocenters. The SMILES string of the molecule is CCOc1ccc2c(c1)C=C(C(=O)NCc1nncn1CC)CO2. The number of ether oxygens (including phenoxy) is 2. The van der Waals surface area contributed by atoms with E-state index in [1.807, 2.05) is 42.7 Å². The van der Waals surface area contributed by atoms with Gasteiger partial charge in [0, 0.05) is 12.1 Å². The number of nitrogens with zero attached hydrogens (tertiary/aromatic N) is 3. The van der Waals surface area contributed by atoms with Crippen LogP contribution in [-0.2, 0) is 17.9 Å². The van der Waals surface area contributed by atoms with E-state index in [9.17, 15) is 4.79 Å². The van der Waals surface area contributed by atoms with Crippen molar-refractivity contribution in [1.82, 2.24) is 20.1 Å². The van der Waals surface area contributed by atoms with Gasteiger partial charge in [-0.1, -0.05) is 0 Å². The number of hydrogen-bond acceptors (Lipinski definition) is 5. The van der Waals surface area contributed by atoms with Crippen molar-refractivity contribution >= 4 is 12.0 Å². The van der Waals surface area contributed by atoms with Gasteiger partial charge < -0.3 is 19.4 Å². The molecule has 0 saturated heterocycles. The van der Waals surface area contributed by atoms with Crippen molar-refractivity contribution in [2.24, 2.45) is 0 Å². The molecule has 0 bridgehead atoms. The average Bonchev–Trinajstić information content (AvgIpc) is 3.07. The van der Waals surface area contributed by atoms with Gasteiger partial charge in [0.05, 0.1) is 18.7 Å². The monoisotopic (exact) mass is 328 g/mol. The lowest BCUT2D eigenvalue weighted by atomic mass is 10.1. The van der Waals surface area contributed by atoms with Crippen molar-refractivity contribution in [3.8, 4) is 11.5 Å². The molecule has 24 heavy (non-hydrogen) atoms. The second-order valence-electron chi connectivity index (χ2n) is 5.31. The van der Waals surface area contributed by atoms with Gasteiger partial charge in [0.2, 0.25) is 0 Å². The number of carbonyl (C=O) groups is 1. The maximum atomic E-state index is 12.4. The molecular weight excluding hydrogens is 308 g/mol. The van der Waals surface area contributed by atoms with Crippen LogP contribution < -0.4 is 14.8 Å². The molecule has 0 aliphatic carbocycles. The zero-order valence-corrected chi connectivity index (χ0v) is 13.8. The lowest BCUT2D eigenvalue weighted by Gasteiger charge is -2.18. The summed E-state index contributed by atoms with van der Waals surface area (Å²) in [6.45, 7) is 5.86. The van der Waals surface area contributed by atoms with E-state index in [0.29, 0.717) is 18.7 Å². The summed E-state index contributed by atoms with van der Waals surface area (Å²) in [7, 11) is 0. The van der Waals surface area contributed by atoms with E-state index in [1.54, 1.807) is 6.33 Å². The Hall–Kier alpha value is -2.83. The number of carbonyl (C=O) groups excluding carboxylic acids is 1. The third kappa shape index (κ3) is 3.40. The lowest BCUT2D eigenvalue weighted by molar-refractivity contribution is -0.118. The fourth-order valence-corrected chi connectivity index (χ4v) is 2.50. The van der Waals surface area contributed by atoms with Crippen LogP contribution in [0, 0.1) is 0 Å². The fourth-order valence-electron chi connectivity index (χ4n) is 2.50. The Bertz CT molecular complexity index is 767. The Morgan fingerprint density at radius 3 is 3.08 bits per heavy atom. The molecule has 126 valence electrons. The van der Waals surface area contributed by atoms with E-state index >= 15 is 0 Å². The van der Waals surface area contributed by atoms with Gasteiger partial charge in [-0.2, -0.15) is 0 Å². The topological polar surface area (TPSA) is 78.3 Å². The molecule has 2 aromatic rings. The van der Waals surface area contributed by atoms with Crippen LogP contribution in [0.25, 0.3) is 6.08 Å². The molecule has 0 fully saturated rings. The van der Waals surface area contributed by atoms with Crippen LogP contribution in [0.15, 0.2) is 30.1 Å². The molecule has 1 aromatic heterocycles. The number of amides is 1. The van der Waals surface area contributed by atoms with E-state index < -0.39 is 0 Å². The maximum absolute atomic E-state index is 12.4.